The third-order valence-electron chi connectivity index (χ3n) is 5.65. The van der Waals surface area contributed by atoms with Crippen molar-refractivity contribution >= 4 is 39.2 Å². The molecule has 0 N–H and O–H groups in total. The number of aryl methyl sites for hydroxylation is 2. The van der Waals surface area contributed by atoms with Crippen molar-refractivity contribution in [1.29, 1.82) is 0 Å². The summed E-state index contributed by atoms with van der Waals surface area (Å²) in [5, 5.41) is 1.18. The van der Waals surface area contributed by atoms with Crippen molar-refractivity contribution in [3.8, 4) is 0 Å². The second kappa shape index (κ2) is 8.41. The molecular formula is C21H27N3O2S2. The Labute approximate surface area is 173 Å². The molecule has 1 aliphatic carbocycles. The van der Waals surface area contributed by atoms with Gasteiger partial charge >= 0.3 is 0 Å². The van der Waals surface area contributed by atoms with Crippen LogP contribution in [0.1, 0.15) is 49.5 Å². The van der Waals surface area contributed by atoms with Crippen LogP contribution in [0.4, 0.5) is 0 Å². The fourth-order valence-corrected chi connectivity index (χ4v) is 6.48. The summed E-state index contributed by atoms with van der Waals surface area (Å²) in [6.07, 6.45) is 9.45. The molecule has 1 saturated heterocycles. The zero-order valence-corrected chi connectivity index (χ0v) is 18.0. The number of thiophene rings is 1. The first-order chi connectivity index (χ1) is 13.6. The van der Waals surface area contributed by atoms with Crippen molar-refractivity contribution in [3.05, 3.63) is 33.4 Å². The smallest absolute Gasteiger partial charge is 0.263 e. The van der Waals surface area contributed by atoms with E-state index in [1.807, 2.05) is 11.8 Å². The van der Waals surface area contributed by atoms with E-state index in [9.17, 15) is 9.59 Å². The molecule has 2 aromatic heterocycles. The molecule has 0 saturated carbocycles. The monoisotopic (exact) mass is 417 g/mol. The molecule has 2 aliphatic rings. The van der Waals surface area contributed by atoms with Gasteiger partial charge in [0.2, 0.25) is 5.91 Å². The highest BCUT2D eigenvalue weighted by molar-refractivity contribution is 8.00. The Bertz CT molecular complexity index is 957. The fourth-order valence-electron chi connectivity index (χ4n) is 4.18. The predicted molar refractivity (Wildman–Crippen MR) is 116 cm³/mol. The minimum atomic E-state index is -0.253. The average Bonchev–Trinajstić information content (AvgIpc) is 3.27. The molecule has 0 aromatic carbocycles. The molecule has 2 aromatic rings. The van der Waals surface area contributed by atoms with E-state index in [1.54, 1.807) is 22.0 Å². The van der Waals surface area contributed by atoms with Crippen molar-refractivity contribution in [3.63, 3.8) is 0 Å². The van der Waals surface area contributed by atoms with Gasteiger partial charge in [0.15, 0.2) is 5.16 Å². The number of carbonyl (C=O) groups excluding carboxylic acids is 1. The second-order valence-electron chi connectivity index (χ2n) is 7.64. The lowest BCUT2D eigenvalue weighted by molar-refractivity contribution is -0.129. The number of rotatable bonds is 5. The number of hydrogen-bond donors (Lipinski definition) is 0. The van der Waals surface area contributed by atoms with E-state index >= 15 is 0 Å². The summed E-state index contributed by atoms with van der Waals surface area (Å²) in [6.45, 7) is 7.83. The van der Waals surface area contributed by atoms with Gasteiger partial charge in [0.05, 0.1) is 10.6 Å². The van der Waals surface area contributed by atoms with Gasteiger partial charge in [0.25, 0.3) is 5.56 Å². The van der Waals surface area contributed by atoms with Gasteiger partial charge in [-0.1, -0.05) is 24.3 Å². The van der Waals surface area contributed by atoms with Crippen LogP contribution >= 0.6 is 23.1 Å². The summed E-state index contributed by atoms with van der Waals surface area (Å²) in [7, 11) is 0. The molecule has 7 heteroatoms. The van der Waals surface area contributed by atoms with Crippen molar-refractivity contribution in [2.24, 2.45) is 0 Å². The van der Waals surface area contributed by atoms with E-state index in [4.69, 9.17) is 4.98 Å². The minimum absolute atomic E-state index is 0.0209. The van der Waals surface area contributed by atoms with E-state index in [0.717, 1.165) is 55.4 Å². The van der Waals surface area contributed by atoms with Crippen LogP contribution in [0.5, 0.6) is 0 Å². The molecule has 1 unspecified atom stereocenters. The molecule has 1 amide bonds. The summed E-state index contributed by atoms with van der Waals surface area (Å²) < 4.78 is 1.70. The van der Waals surface area contributed by atoms with Crippen LogP contribution in [0.15, 0.2) is 22.6 Å². The number of aromatic nitrogens is 2. The van der Waals surface area contributed by atoms with Crippen LogP contribution in [-0.2, 0) is 24.2 Å². The predicted octanol–water partition coefficient (Wildman–Crippen LogP) is 4.02. The molecule has 4 rings (SSSR count). The number of amides is 1. The third-order valence-corrected chi connectivity index (χ3v) is 7.91. The number of carbonyl (C=O) groups is 1. The zero-order valence-electron chi connectivity index (χ0n) is 16.4. The van der Waals surface area contributed by atoms with Gasteiger partial charge < -0.3 is 4.90 Å². The SMILES string of the molecule is C=CCn1c(SC(C)C(=O)N2CCCC2)nc2sc3c(c2c1=O)CCCCC3. The molecule has 28 heavy (non-hydrogen) atoms. The van der Waals surface area contributed by atoms with E-state index in [-0.39, 0.29) is 16.7 Å². The Morgan fingerprint density at radius 3 is 2.75 bits per heavy atom. The van der Waals surface area contributed by atoms with Gasteiger partial charge in [-0.3, -0.25) is 14.2 Å². The molecule has 1 fully saturated rings. The van der Waals surface area contributed by atoms with Crippen LogP contribution in [0, 0.1) is 0 Å². The van der Waals surface area contributed by atoms with Crippen molar-refractivity contribution in [2.75, 3.05) is 13.1 Å². The van der Waals surface area contributed by atoms with Gasteiger partial charge in [-0.15, -0.1) is 17.9 Å². The number of allylic oxidation sites excluding steroid dienone is 1. The molecule has 0 radical (unpaired) electrons. The standard InChI is InChI=1S/C21H27N3O2S2/c1-3-11-24-20(26)17-15-9-5-4-6-10-16(15)28-18(17)22-21(24)27-14(2)19(25)23-12-7-8-13-23/h3,14H,1,4-13H2,2H3. The van der Waals surface area contributed by atoms with Crippen LogP contribution < -0.4 is 5.56 Å². The lowest BCUT2D eigenvalue weighted by Gasteiger charge is -2.20. The second-order valence-corrected chi connectivity index (χ2v) is 10.0. The molecule has 1 atom stereocenters. The number of thioether (sulfide) groups is 1. The number of nitrogens with zero attached hydrogens (tertiary/aromatic N) is 3. The molecule has 150 valence electrons. The van der Waals surface area contributed by atoms with Crippen molar-refractivity contribution in [2.45, 2.75) is 68.8 Å². The molecule has 5 nitrogen and oxygen atoms in total. The Morgan fingerprint density at radius 1 is 1.25 bits per heavy atom. The first-order valence-electron chi connectivity index (χ1n) is 10.2. The van der Waals surface area contributed by atoms with Crippen molar-refractivity contribution < 1.29 is 4.79 Å². The van der Waals surface area contributed by atoms with E-state index in [1.165, 1.54) is 35.0 Å². The Kier molecular flexibility index (Phi) is 5.92. The third kappa shape index (κ3) is 3.66. The van der Waals surface area contributed by atoms with E-state index in [2.05, 4.69) is 6.58 Å². The highest BCUT2D eigenvalue weighted by Crippen LogP contribution is 2.34. The van der Waals surface area contributed by atoms with Crippen LogP contribution in [0.2, 0.25) is 0 Å². The van der Waals surface area contributed by atoms with Gasteiger partial charge in [0.1, 0.15) is 4.83 Å². The lowest BCUT2D eigenvalue weighted by Crippen LogP contribution is -2.34. The average molecular weight is 418 g/mol. The normalized spacial score (nSPS) is 18.1. The topological polar surface area (TPSA) is 55.2 Å². The maximum Gasteiger partial charge on any atom is 0.263 e. The van der Waals surface area contributed by atoms with Crippen molar-refractivity contribution in [1.82, 2.24) is 14.5 Å². The highest BCUT2D eigenvalue weighted by Gasteiger charge is 2.27. The maximum atomic E-state index is 13.4. The molecule has 0 bridgehead atoms. The number of fused-ring (bicyclic) bond motifs is 3. The molecule has 3 heterocycles. The summed E-state index contributed by atoms with van der Waals surface area (Å²) in [5.41, 5.74) is 1.23. The Balaban J connectivity index is 1.73. The molecule has 1 aliphatic heterocycles. The van der Waals surface area contributed by atoms with Gasteiger partial charge in [-0.25, -0.2) is 4.98 Å². The maximum absolute atomic E-state index is 13.4. The van der Waals surface area contributed by atoms with E-state index in [0.29, 0.717) is 11.7 Å². The first-order valence-corrected chi connectivity index (χ1v) is 11.9. The summed E-state index contributed by atoms with van der Waals surface area (Å²) in [5.74, 6) is 0.143. The lowest BCUT2D eigenvalue weighted by atomic mass is 10.1. The minimum Gasteiger partial charge on any atom is -0.342 e. The number of hydrogen-bond acceptors (Lipinski definition) is 5. The summed E-state index contributed by atoms with van der Waals surface area (Å²) in [6, 6.07) is 0. The quantitative estimate of drug-likeness (QED) is 0.319. The molecule has 0 spiro atoms. The first kappa shape index (κ1) is 19.7. The summed E-state index contributed by atoms with van der Waals surface area (Å²) in [4.78, 5) is 35.1. The Hall–Kier alpha value is -1.60. The van der Waals surface area contributed by atoms with Crippen LogP contribution in [0.3, 0.4) is 0 Å². The zero-order chi connectivity index (χ0) is 19.7. The van der Waals surface area contributed by atoms with Gasteiger partial charge in [0, 0.05) is 24.5 Å². The Morgan fingerprint density at radius 2 is 2.00 bits per heavy atom. The van der Waals surface area contributed by atoms with Crippen LogP contribution in [0.25, 0.3) is 10.2 Å². The van der Waals surface area contributed by atoms with Gasteiger partial charge in [-0.05, 0) is 51.0 Å². The largest absolute Gasteiger partial charge is 0.342 e. The number of likely N-dealkylation sites (tertiary alicyclic amines) is 1. The fraction of sp³-hybridized carbons (Fsp3) is 0.571. The van der Waals surface area contributed by atoms with Gasteiger partial charge in [-0.2, -0.15) is 0 Å². The molecular weight excluding hydrogens is 390 g/mol. The highest BCUT2D eigenvalue weighted by atomic mass is 32.2. The summed E-state index contributed by atoms with van der Waals surface area (Å²) >= 11 is 3.07. The van der Waals surface area contributed by atoms with Crippen LogP contribution in [-0.4, -0.2) is 38.7 Å². The van der Waals surface area contributed by atoms with E-state index < -0.39 is 0 Å².